The third-order valence-electron chi connectivity index (χ3n) is 2.04. The second-order valence-corrected chi connectivity index (χ2v) is 4.44. The summed E-state index contributed by atoms with van der Waals surface area (Å²) in [5.74, 6) is -0.246. The number of benzene rings is 1. The van der Waals surface area contributed by atoms with Crippen molar-refractivity contribution in [2.24, 2.45) is 5.73 Å². The second kappa shape index (κ2) is 6.94. The van der Waals surface area contributed by atoms with E-state index in [1.54, 1.807) is 18.2 Å². The average molecular weight is 328 g/mol. The first kappa shape index (κ1) is 15.2. The van der Waals surface area contributed by atoms with Crippen molar-refractivity contribution >= 4 is 33.9 Å². The van der Waals surface area contributed by atoms with Gasteiger partial charge in [-0.2, -0.15) is 0 Å². The fourth-order valence-corrected chi connectivity index (χ4v) is 1.81. The van der Waals surface area contributed by atoms with E-state index in [1.807, 2.05) is 6.92 Å². The first-order chi connectivity index (χ1) is 8.93. The van der Waals surface area contributed by atoms with Gasteiger partial charge in [0.05, 0.1) is 6.61 Å². The Balaban J connectivity index is 3.19. The van der Waals surface area contributed by atoms with Gasteiger partial charge in [0.2, 0.25) is 5.91 Å². The molecule has 19 heavy (non-hydrogen) atoms. The molecule has 0 aliphatic heterocycles. The number of ether oxygens (including phenoxy) is 2. The van der Waals surface area contributed by atoms with Crippen LogP contribution in [0.5, 0.6) is 11.5 Å². The van der Waals surface area contributed by atoms with Gasteiger partial charge in [-0.1, -0.05) is 15.9 Å². The first-order valence-electron chi connectivity index (χ1n) is 5.56. The van der Waals surface area contributed by atoms with Crippen LogP contribution < -0.4 is 15.2 Å². The molecule has 0 aliphatic rings. The molecule has 0 aromatic heterocycles. The van der Waals surface area contributed by atoms with Crippen molar-refractivity contribution in [2.45, 2.75) is 13.8 Å². The van der Waals surface area contributed by atoms with E-state index in [-0.39, 0.29) is 0 Å². The van der Waals surface area contributed by atoms with E-state index >= 15 is 0 Å². The lowest BCUT2D eigenvalue weighted by molar-refractivity contribution is -0.132. The normalized spacial score (nSPS) is 10.5. The molecular formula is C13H14BrNO4. The molecule has 1 aromatic rings. The van der Waals surface area contributed by atoms with E-state index in [9.17, 15) is 9.59 Å². The Bertz CT molecular complexity index is 526. The zero-order chi connectivity index (χ0) is 14.4. The first-order valence-corrected chi connectivity index (χ1v) is 6.35. The maximum Gasteiger partial charge on any atom is 0.308 e. The molecule has 0 atom stereocenters. The number of halogens is 1. The molecule has 0 heterocycles. The van der Waals surface area contributed by atoms with Crippen molar-refractivity contribution in [3.8, 4) is 11.5 Å². The summed E-state index contributed by atoms with van der Waals surface area (Å²) in [5.41, 5.74) is 5.73. The number of esters is 1. The Kier molecular flexibility index (Phi) is 5.57. The monoisotopic (exact) mass is 327 g/mol. The summed E-state index contributed by atoms with van der Waals surface area (Å²) in [5, 5.41) is 0. The third kappa shape index (κ3) is 4.75. The molecule has 0 radical (unpaired) electrons. The summed E-state index contributed by atoms with van der Waals surface area (Å²) in [6.07, 6.45) is 2.79. The minimum atomic E-state index is -0.547. The molecule has 0 unspecified atom stereocenters. The molecule has 1 aromatic carbocycles. The van der Waals surface area contributed by atoms with Gasteiger partial charge in [0.15, 0.2) is 11.5 Å². The van der Waals surface area contributed by atoms with E-state index in [0.717, 1.165) is 0 Å². The number of nitrogens with two attached hydrogens (primary N) is 1. The Morgan fingerprint density at radius 3 is 2.58 bits per heavy atom. The molecule has 0 fully saturated rings. The van der Waals surface area contributed by atoms with Crippen molar-refractivity contribution < 1.29 is 19.1 Å². The van der Waals surface area contributed by atoms with E-state index < -0.39 is 11.9 Å². The molecule has 102 valence electrons. The maximum atomic E-state index is 11.0. The van der Waals surface area contributed by atoms with E-state index in [1.165, 1.54) is 13.0 Å². The van der Waals surface area contributed by atoms with Crippen LogP contribution in [0, 0.1) is 0 Å². The van der Waals surface area contributed by atoms with Gasteiger partial charge in [0.1, 0.15) is 0 Å². The SMILES string of the molecule is CCOc1cc(/C=C\C(N)=O)c(Br)cc1OC(C)=O. The number of carbonyl (C=O) groups is 2. The van der Waals surface area contributed by atoms with Crippen LogP contribution >= 0.6 is 15.9 Å². The molecule has 0 saturated heterocycles. The predicted molar refractivity (Wildman–Crippen MR) is 74.8 cm³/mol. The summed E-state index contributed by atoms with van der Waals surface area (Å²) in [6.45, 7) is 3.55. The molecular weight excluding hydrogens is 314 g/mol. The quantitative estimate of drug-likeness (QED) is 0.511. The standard InChI is InChI=1S/C13H14BrNO4/c1-3-18-11-6-9(4-5-13(15)17)10(14)7-12(11)19-8(2)16/h4-7H,3H2,1-2H3,(H2,15,17)/b5-4-. The Labute approximate surface area is 119 Å². The van der Waals surface area contributed by atoms with Crippen LogP contribution in [0.3, 0.4) is 0 Å². The van der Waals surface area contributed by atoms with Crippen LogP contribution in [0.4, 0.5) is 0 Å². The maximum absolute atomic E-state index is 11.0. The predicted octanol–water partition coefficient (Wildman–Crippen LogP) is 2.27. The number of carbonyl (C=O) groups excluding carboxylic acids is 2. The van der Waals surface area contributed by atoms with Crippen molar-refractivity contribution in [1.82, 2.24) is 0 Å². The van der Waals surface area contributed by atoms with E-state index in [0.29, 0.717) is 28.1 Å². The van der Waals surface area contributed by atoms with Crippen molar-refractivity contribution in [3.05, 3.63) is 28.2 Å². The molecule has 5 nitrogen and oxygen atoms in total. The Hall–Kier alpha value is -1.82. The van der Waals surface area contributed by atoms with Crippen LogP contribution in [0.15, 0.2) is 22.7 Å². The second-order valence-electron chi connectivity index (χ2n) is 3.58. The topological polar surface area (TPSA) is 78.6 Å². The highest BCUT2D eigenvalue weighted by molar-refractivity contribution is 9.10. The Morgan fingerprint density at radius 2 is 2.05 bits per heavy atom. The summed E-state index contributed by atoms with van der Waals surface area (Å²) in [4.78, 5) is 21.7. The van der Waals surface area contributed by atoms with Gasteiger partial charge >= 0.3 is 5.97 Å². The van der Waals surface area contributed by atoms with Gasteiger partial charge in [0, 0.05) is 17.5 Å². The van der Waals surface area contributed by atoms with Crippen LogP contribution in [0.25, 0.3) is 6.08 Å². The van der Waals surface area contributed by atoms with Crippen LogP contribution in [-0.2, 0) is 9.59 Å². The molecule has 1 rings (SSSR count). The fraction of sp³-hybridized carbons (Fsp3) is 0.231. The van der Waals surface area contributed by atoms with Crippen molar-refractivity contribution in [2.75, 3.05) is 6.61 Å². The van der Waals surface area contributed by atoms with E-state index in [2.05, 4.69) is 15.9 Å². The van der Waals surface area contributed by atoms with Gasteiger partial charge in [-0.15, -0.1) is 0 Å². The van der Waals surface area contributed by atoms with Crippen LogP contribution in [-0.4, -0.2) is 18.5 Å². The summed E-state index contributed by atoms with van der Waals surface area (Å²) >= 11 is 3.32. The molecule has 2 N–H and O–H groups in total. The highest BCUT2D eigenvalue weighted by Crippen LogP contribution is 2.34. The largest absolute Gasteiger partial charge is 0.490 e. The highest BCUT2D eigenvalue weighted by Gasteiger charge is 2.11. The zero-order valence-corrected chi connectivity index (χ0v) is 12.2. The van der Waals surface area contributed by atoms with Gasteiger partial charge in [-0.05, 0) is 30.7 Å². The lowest BCUT2D eigenvalue weighted by Crippen LogP contribution is -2.06. The zero-order valence-electron chi connectivity index (χ0n) is 10.6. The summed E-state index contributed by atoms with van der Waals surface area (Å²) < 4.78 is 11.1. The van der Waals surface area contributed by atoms with Crippen LogP contribution in [0.2, 0.25) is 0 Å². The summed E-state index contributed by atoms with van der Waals surface area (Å²) in [6, 6.07) is 3.26. The fourth-order valence-electron chi connectivity index (χ4n) is 1.35. The molecule has 0 aliphatic carbocycles. The summed E-state index contributed by atoms with van der Waals surface area (Å²) in [7, 11) is 0. The van der Waals surface area contributed by atoms with Gasteiger partial charge in [0.25, 0.3) is 0 Å². The average Bonchev–Trinajstić information content (AvgIpc) is 2.30. The van der Waals surface area contributed by atoms with Gasteiger partial charge in [-0.3, -0.25) is 9.59 Å². The third-order valence-corrected chi connectivity index (χ3v) is 2.73. The van der Waals surface area contributed by atoms with Gasteiger partial charge in [-0.25, -0.2) is 0 Å². The highest BCUT2D eigenvalue weighted by atomic mass is 79.9. The van der Waals surface area contributed by atoms with E-state index in [4.69, 9.17) is 15.2 Å². The molecule has 0 saturated carbocycles. The number of hydrogen-bond acceptors (Lipinski definition) is 4. The molecule has 6 heteroatoms. The Morgan fingerprint density at radius 1 is 1.37 bits per heavy atom. The molecule has 0 spiro atoms. The molecule has 1 amide bonds. The number of primary amides is 1. The molecule has 0 bridgehead atoms. The van der Waals surface area contributed by atoms with Gasteiger partial charge < -0.3 is 15.2 Å². The number of amides is 1. The smallest absolute Gasteiger partial charge is 0.308 e. The minimum absolute atomic E-state index is 0.317. The number of rotatable bonds is 5. The lowest BCUT2D eigenvalue weighted by atomic mass is 10.2. The van der Waals surface area contributed by atoms with Crippen LogP contribution in [0.1, 0.15) is 19.4 Å². The minimum Gasteiger partial charge on any atom is -0.490 e. The van der Waals surface area contributed by atoms with Crippen molar-refractivity contribution in [3.63, 3.8) is 0 Å². The number of hydrogen-bond donors (Lipinski definition) is 1. The lowest BCUT2D eigenvalue weighted by Gasteiger charge is -2.11. The van der Waals surface area contributed by atoms with Crippen molar-refractivity contribution in [1.29, 1.82) is 0 Å².